The lowest BCUT2D eigenvalue weighted by atomic mass is 10.3. The second kappa shape index (κ2) is 4.24. The van der Waals surface area contributed by atoms with Crippen LogP contribution in [0.25, 0.3) is 0 Å². The van der Waals surface area contributed by atoms with Crippen molar-refractivity contribution in [1.82, 2.24) is 3.82 Å². The lowest BCUT2D eigenvalue weighted by Gasteiger charge is -2.14. The monoisotopic (exact) mass is 261 g/mol. The summed E-state index contributed by atoms with van der Waals surface area (Å²) in [5.74, 6) is 0.0853. The van der Waals surface area contributed by atoms with E-state index in [4.69, 9.17) is 11.8 Å². The number of phenols is 1. The van der Waals surface area contributed by atoms with E-state index >= 15 is 0 Å². The van der Waals surface area contributed by atoms with Crippen LogP contribution in [0.3, 0.4) is 0 Å². The SMILES string of the molecule is O=S(=O)(c1ccccc1O)N(Cl)CC1CC1. The minimum atomic E-state index is -3.78. The minimum absolute atomic E-state index is 0.148. The summed E-state index contributed by atoms with van der Waals surface area (Å²) in [6.07, 6.45) is 2.03. The van der Waals surface area contributed by atoms with Crippen LogP contribution in [0.5, 0.6) is 5.75 Å². The van der Waals surface area contributed by atoms with E-state index in [2.05, 4.69) is 0 Å². The van der Waals surface area contributed by atoms with Gasteiger partial charge in [0.25, 0.3) is 10.0 Å². The number of hydrogen-bond donors (Lipinski definition) is 1. The van der Waals surface area contributed by atoms with E-state index in [9.17, 15) is 13.5 Å². The highest BCUT2D eigenvalue weighted by molar-refractivity contribution is 7.90. The second-order valence-electron chi connectivity index (χ2n) is 3.89. The Balaban J connectivity index is 2.27. The van der Waals surface area contributed by atoms with Crippen LogP contribution in [0.2, 0.25) is 0 Å². The van der Waals surface area contributed by atoms with Gasteiger partial charge < -0.3 is 5.11 Å². The fourth-order valence-corrected chi connectivity index (χ4v) is 3.01. The van der Waals surface area contributed by atoms with Crippen LogP contribution < -0.4 is 0 Å². The lowest BCUT2D eigenvalue weighted by molar-refractivity contribution is 0.453. The van der Waals surface area contributed by atoms with Gasteiger partial charge in [0.05, 0.1) is 0 Å². The van der Waals surface area contributed by atoms with Gasteiger partial charge >= 0.3 is 0 Å². The van der Waals surface area contributed by atoms with Gasteiger partial charge in [-0.25, -0.2) is 8.42 Å². The van der Waals surface area contributed by atoms with Gasteiger partial charge in [0.2, 0.25) is 0 Å². The molecule has 16 heavy (non-hydrogen) atoms. The Morgan fingerprint density at radius 2 is 2.00 bits per heavy atom. The van der Waals surface area contributed by atoms with Crippen molar-refractivity contribution < 1.29 is 13.5 Å². The third-order valence-corrected chi connectivity index (χ3v) is 4.76. The van der Waals surface area contributed by atoms with E-state index in [1.54, 1.807) is 12.1 Å². The summed E-state index contributed by atoms with van der Waals surface area (Å²) in [6.45, 7) is 0.304. The van der Waals surface area contributed by atoms with Crippen molar-refractivity contribution in [2.45, 2.75) is 17.7 Å². The smallest absolute Gasteiger partial charge is 0.260 e. The number of para-hydroxylation sites is 1. The van der Waals surface area contributed by atoms with Gasteiger partial charge in [-0.2, -0.15) is 0 Å². The molecule has 1 saturated carbocycles. The molecule has 0 unspecified atom stereocenters. The maximum absolute atomic E-state index is 12.0. The van der Waals surface area contributed by atoms with Gasteiger partial charge in [-0.1, -0.05) is 12.1 Å². The topological polar surface area (TPSA) is 57.6 Å². The highest BCUT2D eigenvalue weighted by atomic mass is 35.5. The number of halogens is 1. The van der Waals surface area contributed by atoms with E-state index in [0.29, 0.717) is 12.5 Å². The van der Waals surface area contributed by atoms with Crippen LogP contribution in [-0.2, 0) is 10.0 Å². The van der Waals surface area contributed by atoms with Crippen molar-refractivity contribution in [2.75, 3.05) is 6.54 Å². The molecule has 1 aliphatic carbocycles. The summed E-state index contributed by atoms with van der Waals surface area (Å²) in [4.78, 5) is -0.148. The van der Waals surface area contributed by atoms with E-state index in [1.165, 1.54) is 12.1 Å². The number of sulfonamides is 1. The zero-order valence-electron chi connectivity index (χ0n) is 8.51. The molecule has 0 saturated heterocycles. The maximum Gasteiger partial charge on any atom is 0.260 e. The third kappa shape index (κ3) is 2.31. The van der Waals surface area contributed by atoms with E-state index in [0.717, 1.165) is 16.7 Å². The number of benzene rings is 1. The first-order valence-corrected chi connectivity index (χ1v) is 6.76. The van der Waals surface area contributed by atoms with Crippen molar-refractivity contribution in [2.24, 2.45) is 5.92 Å². The summed E-state index contributed by atoms with van der Waals surface area (Å²) in [6, 6.07) is 5.78. The summed E-state index contributed by atoms with van der Waals surface area (Å²) >= 11 is 5.75. The molecule has 6 heteroatoms. The van der Waals surface area contributed by atoms with Crippen molar-refractivity contribution in [3.63, 3.8) is 0 Å². The molecule has 0 aromatic heterocycles. The Labute approximate surface area is 99.6 Å². The zero-order valence-corrected chi connectivity index (χ0v) is 10.1. The van der Waals surface area contributed by atoms with Crippen LogP contribution in [0.15, 0.2) is 29.2 Å². The van der Waals surface area contributed by atoms with Crippen LogP contribution in [0, 0.1) is 5.92 Å². The van der Waals surface area contributed by atoms with E-state index in [1.807, 2.05) is 0 Å². The summed E-state index contributed by atoms with van der Waals surface area (Å²) in [5, 5.41) is 9.48. The average molecular weight is 262 g/mol. The molecule has 0 spiro atoms. The van der Waals surface area contributed by atoms with E-state index in [-0.39, 0.29) is 10.6 Å². The van der Waals surface area contributed by atoms with Crippen LogP contribution in [0.1, 0.15) is 12.8 Å². The molecule has 0 amide bonds. The number of nitrogens with zero attached hydrogens (tertiary/aromatic N) is 1. The minimum Gasteiger partial charge on any atom is -0.507 e. The van der Waals surface area contributed by atoms with Crippen molar-refractivity contribution in [3.05, 3.63) is 24.3 Å². The normalized spacial score (nSPS) is 16.6. The Bertz CT molecular complexity index is 485. The predicted octanol–water partition coefficient (Wildman–Crippen LogP) is 1.95. The second-order valence-corrected chi connectivity index (χ2v) is 6.33. The molecule has 88 valence electrons. The van der Waals surface area contributed by atoms with Gasteiger partial charge in [-0.15, -0.1) is 3.82 Å². The Morgan fingerprint density at radius 3 is 2.56 bits per heavy atom. The largest absolute Gasteiger partial charge is 0.507 e. The van der Waals surface area contributed by atoms with Crippen molar-refractivity contribution in [1.29, 1.82) is 0 Å². The molecule has 4 nitrogen and oxygen atoms in total. The average Bonchev–Trinajstić information content (AvgIpc) is 3.02. The Kier molecular flexibility index (Phi) is 3.10. The Hall–Kier alpha value is -0.780. The summed E-state index contributed by atoms with van der Waals surface area (Å²) in [7, 11) is -3.78. The Morgan fingerprint density at radius 1 is 1.38 bits per heavy atom. The molecule has 1 N–H and O–H groups in total. The molecule has 0 atom stereocenters. The quantitative estimate of drug-likeness (QED) is 0.843. The molecular formula is C10H12ClNO3S. The molecule has 0 heterocycles. The molecule has 1 fully saturated rings. The number of rotatable bonds is 4. The maximum atomic E-state index is 12.0. The fourth-order valence-electron chi connectivity index (χ4n) is 1.38. The molecule has 2 rings (SSSR count). The molecule has 0 aliphatic heterocycles. The fraction of sp³-hybridized carbons (Fsp3) is 0.400. The highest BCUT2D eigenvalue weighted by Gasteiger charge is 2.32. The predicted molar refractivity (Wildman–Crippen MR) is 60.6 cm³/mol. The standard InChI is InChI=1S/C10H12ClNO3S/c11-12(7-8-5-6-8)16(14,15)10-4-2-1-3-9(10)13/h1-4,8,13H,5-7H2. The molecular weight excluding hydrogens is 250 g/mol. The summed E-state index contributed by atoms with van der Waals surface area (Å²) < 4.78 is 24.7. The van der Waals surface area contributed by atoms with E-state index < -0.39 is 10.0 Å². The lowest BCUT2D eigenvalue weighted by Crippen LogP contribution is -2.24. The molecule has 1 aromatic carbocycles. The number of phenolic OH excluding ortho intramolecular Hbond substituents is 1. The first-order chi connectivity index (χ1) is 7.51. The van der Waals surface area contributed by atoms with Gasteiger partial charge in [0.15, 0.2) is 0 Å². The van der Waals surface area contributed by atoms with Crippen molar-refractivity contribution in [3.8, 4) is 5.75 Å². The first kappa shape index (κ1) is 11.7. The van der Waals surface area contributed by atoms with Gasteiger partial charge in [-0.05, 0) is 42.7 Å². The number of aromatic hydroxyl groups is 1. The van der Waals surface area contributed by atoms with Gasteiger partial charge in [0, 0.05) is 6.54 Å². The third-order valence-electron chi connectivity index (χ3n) is 2.50. The molecule has 1 aliphatic rings. The van der Waals surface area contributed by atoms with Gasteiger partial charge in [0.1, 0.15) is 10.6 Å². The van der Waals surface area contributed by atoms with Crippen LogP contribution >= 0.6 is 11.8 Å². The first-order valence-electron chi connectivity index (χ1n) is 4.98. The number of hydrogen-bond acceptors (Lipinski definition) is 3. The molecule has 0 bridgehead atoms. The van der Waals surface area contributed by atoms with Gasteiger partial charge in [-0.3, -0.25) is 0 Å². The van der Waals surface area contributed by atoms with Crippen molar-refractivity contribution >= 4 is 21.8 Å². The van der Waals surface area contributed by atoms with Crippen LogP contribution in [-0.4, -0.2) is 23.9 Å². The zero-order chi connectivity index (χ0) is 11.8. The van der Waals surface area contributed by atoms with Crippen LogP contribution in [0.4, 0.5) is 0 Å². The highest BCUT2D eigenvalue weighted by Crippen LogP contribution is 2.33. The molecule has 0 radical (unpaired) electrons. The molecule has 1 aromatic rings. The summed E-state index contributed by atoms with van der Waals surface area (Å²) in [5.41, 5.74) is 0.